The first-order valence-electron chi connectivity index (χ1n) is 3.59. The van der Waals surface area contributed by atoms with E-state index in [-0.39, 0.29) is 0 Å². The Hall–Kier alpha value is -0.0831. The molecule has 0 N–H and O–H groups in total. The molecular weight excluding hydrogens is 128 g/mol. The predicted octanol–water partition coefficient (Wildman–Crippen LogP) is 1.88. The number of rotatable bonds is 5. The molecule has 0 aliphatic carbocycles. The van der Waals surface area contributed by atoms with Crippen molar-refractivity contribution in [1.82, 2.24) is 0 Å². The fraction of sp³-hybridized carbons (Fsp3) is 0.714. The van der Waals surface area contributed by atoms with Gasteiger partial charge in [-0.3, -0.25) is 0 Å². The normalized spacial score (nSPS) is 13.1. The van der Waals surface area contributed by atoms with Gasteiger partial charge in [0.15, 0.2) is 9.04 Å². The lowest BCUT2D eigenvalue weighted by Gasteiger charge is -2.07. The molecule has 0 aromatic heterocycles. The first-order valence-corrected chi connectivity index (χ1v) is 5.54. The van der Waals surface area contributed by atoms with Crippen LogP contribution in [0.2, 0.25) is 6.04 Å². The third-order valence-corrected chi connectivity index (χ3v) is 3.20. The van der Waals surface area contributed by atoms with E-state index in [9.17, 15) is 0 Å². The van der Waals surface area contributed by atoms with Gasteiger partial charge in [-0.2, -0.15) is 0 Å². The van der Waals surface area contributed by atoms with Crippen LogP contribution in [0, 0.1) is 0 Å². The van der Waals surface area contributed by atoms with E-state index < -0.39 is 9.04 Å². The molecule has 0 rings (SSSR count). The van der Waals surface area contributed by atoms with Gasteiger partial charge in [-0.25, -0.2) is 0 Å². The molecule has 1 nitrogen and oxygen atoms in total. The monoisotopic (exact) mass is 144 g/mol. The summed E-state index contributed by atoms with van der Waals surface area (Å²) in [7, 11) is -0.946. The Morgan fingerprint density at radius 1 is 1.56 bits per heavy atom. The second-order valence-electron chi connectivity index (χ2n) is 2.05. The Morgan fingerprint density at radius 3 is 2.56 bits per heavy atom. The van der Waals surface area contributed by atoms with Crippen LogP contribution < -0.4 is 0 Å². The van der Waals surface area contributed by atoms with Crippen molar-refractivity contribution in [2.24, 2.45) is 0 Å². The van der Waals surface area contributed by atoms with Crippen LogP contribution in [0.4, 0.5) is 0 Å². The van der Waals surface area contributed by atoms with E-state index in [0.717, 1.165) is 13.0 Å². The summed E-state index contributed by atoms with van der Waals surface area (Å²) < 4.78 is 5.51. The zero-order valence-corrected chi connectivity index (χ0v) is 7.55. The standard InChI is InChI=1S/C7H16OSi/c1-4-7-8-9(5-2)6-3/h5,9H,2,4,6-7H2,1,3H3. The summed E-state index contributed by atoms with van der Waals surface area (Å²) in [4.78, 5) is 0. The lowest BCUT2D eigenvalue weighted by atomic mass is 10.5. The van der Waals surface area contributed by atoms with Gasteiger partial charge in [0.1, 0.15) is 0 Å². The van der Waals surface area contributed by atoms with Crippen LogP contribution >= 0.6 is 0 Å². The highest BCUT2D eigenvalue weighted by molar-refractivity contribution is 6.57. The topological polar surface area (TPSA) is 9.23 Å². The fourth-order valence-corrected chi connectivity index (χ4v) is 1.87. The minimum Gasteiger partial charge on any atom is -0.416 e. The van der Waals surface area contributed by atoms with Crippen molar-refractivity contribution in [2.75, 3.05) is 6.61 Å². The molecule has 0 fully saturated rings. The second-order valence-corrected chi connectivity index (χ2v) is 4.75. The fourth-order valence-electron chi connectivity index (χ4n) is 0.622. The van der Waals surface area contributed by atoms with Crippen molar-refractivity contribution in [2.45, 2.75) is 26.3 Å². The van der Waals surface area contributed by atoms with E-state index >= 15 is 0 Å². The zero-order valence-electron chi connectivity index (χ0n) is 6.39. The maximum atomic E-state index is 5.51. The van der Waals surface area contributed by atoms with Crippen LogP contribution in [0.1, 0.15) is 20.3 Å². The summed E-state index contributed by atoms with van der Waals surface area (Å²) in [5.74, 6) is 0. The SMILES string of the molecule is C=C[SiH](CC)OCCC. The molecule has 9 heavy (non-hydrogen) atoms. The molecular formula is C7H16OSi. The van der Waals surface area contributed by atoms with Gasteiger partial charge >= 0.3 is 0 Å². The van der Waals surface area contributed by atoms with Crippen molar-refractivity contribution < 1.29 is 4.43 Å². The van der Waals surface area contributed by atoms with Crippen molar-refractivity contribution in [3.8, 4) is 0 Å². The van der Waals surface area contributed by atoms with E-state index in [2.05, 4.69) is 20.4 Å². The summed E-state index contributed by atoms with van der Waals surface area (Å²) in [5, 5.41) is 0. The number of hydrogen-bond donors (Lipinski definition) is 0. The van der Waals surface area contributed by atoms with E-state index in [1.807, 2.05) is 5.70 Å². The van der Waals surface area contributed by atoms with Crippen LogP contribution in [0.5, 0.6) is 0 Å². The van der Waals surface area contributed by atoms with Crippen LogP contribution in [0.15, 0.2) is 12.3 Å². The van der Waals surface area contributed by atoms with Gasteiger partial charge in [0, 0.05) is 6.61 Å². The Kier molecular flexibility index (Phi) is 5.99. The maximum Gasteiger partial charge on any atom is 0.200 e. The third kappa shape index (κ3) is 4.42. The van der Waals surface area contributed by atoms with E-state index in [0.29, 0.717) is 0 Å². The molecule has 2 heteroatoms. The predicted molar refractivity (Wildman–Crippen MR) is 44.1 cm³/mol. The molecule has 0 saturated heterocycles. The van der Waals surface area contributed by atoms with E-state index in [1.165, 1.54) is 6.04 Å². The molecule has 0 amide bonds. The van der Waals surface area contributed by atoms with Crippen molar-refractivity contribution in [3.63, 3.8) is 0 Å². The molecule has 1 atom stereocenters. The Bertz CT molecular complexity index is 73.3. The van der Waals surface area contributed by atoms with Crippen LogP contribution in [-0.4, -0.2) is 15.6 Å². The molecule has 0 radical (unpaired) electrons. The van der Waals surface area contributed by atoms with Crippen LogP contribution in [-0.2, 0) is 4.43 Å². The third-order valence-electron chi connectivity index (χ3n) is 1.20. The summed E-state index contributed by atoms with van der Waals surface area (Å²) in [6.07, 6.45) is 1.12. The summed E-state index contributed by atoms with van der Waals surface area (Å²) in [6, 6.07) is 1.17. The van der Waals surface area contributed by atoms with Gasteiger partial charge < -0.3 is 4.43 Å². The molecule has 0 heterocycles. The lowest BCUT2D eigenvalue weighted by molar-refractivity contribution is 0.325. The largest absolute Gasteiger partial charge is 0.416 e. The van der Waals surface area contributed by atoms with Crippen molar-refractivity contribution in [3.05, 3.63) is 12.3 Å². The Labute approximate surface area is 59.5 Å². The van der Waals surface area contributed by atoms with Crippen molar-refractivity contribution >= 4 is 9.04 Å². The Balaban J connectivity index is 3.20. The average molecular weight is 144 g/mol. The van der Waals surface area contributed by atoms with Crippen molar-refractivity contribution in [1.29, 1.82) is 0 Å². The van der Waals surface area contributed by atoms with E-state index in [1.54, 1.807) is 0 Å². The molecule has 0 aliphatic heterocycles. The lowest BCUT2D eigenvalue weighted by Crippen LogP contribution is -2.13. The highest BCUT2D eigenvalue weighted by Crippen LogP contribution is 1.94. The molecule has 0 saturated carbocycles. The van der Waals surface area contributed by atoms with Crippen LogP contribution in [0.3, 0.4) is 0 Å². The van der Waals surface area contributed by atoms with Crippen LogP contribution in [0.25, 0.3) is 0 Å². The van der Waals surface area contributed by atoms with Gasteiger partial charge in [-0.15, -0.1) is 6.58 Å². The first-order chi connectivity index (χ1) is 4.35. The molecule has 1 unspecified atom stereocenters. The van der Waals surface area contributed by atoms with Gasteiger partial charge in [-0.05, 0) is 12.5 Å². The van der Waals surface area contributed by atoms with Gasteiger partial charge in [0.2, 0.25) is 0 Å². The molecule has 0 aromatic carbocycles. The van der Waals surface area contributed by atoms with Gasteiger partial charge in [0.05, 0.1) is 0 Å². The van der Waals surface area contributed by atoms with E-state index in [4.69, 9.17) is 4.43 Å². The van der Waals surface area contributed by atoms with Gasteiger partial charge in [0.25, 0.3) is 0 Å². The number of hydrogen-bond acceptors (Lipinski definition) is 1. The quantitative estimate of drug-likeness (QED) is 0.535. The molecule has 0 aliphatic rings. The molecule has 0 aromatic rings. The minimum absolute atomic E-state index is 0.913. The smallest absolute Gasteiger partial charge is 0.200 e. The second kappa shape index (κ2) is 6.04. The Morgan fingerprint density at radius 2 is 2.22 bits per heavy atom. The molecule has 54 valence electrons. The molecule has 0 bridgehead atoms. The highest BCUT2D eigenvalue weighted by Gasteiger charge is 2.00. The zero-order chi connectivity index (χ0) is 7.11. The highest BCUT2D eigenvalue weighted by atomic mass is 28.3. The minimum atomic E-state index is -0.946. The summed E-state index contributed by atoms with van der Waals surface area (Å²) in [6.45, 7) is 8.93. The molecule has 0 spiro atoms. The maximum absolute atomic E-state index is 5.51. The van der Waals surface area contributed by atoms with Gasteiger partial charge in [-0.1, -0.05) is 19.5 Å². The summed E-state index contributed by atoms with van der Waals surface area (Å²) >= 11 is 0. The first kappa shape index (κ1) is 8.92. The average Bonchev–Trinajstić information content (AvgIpc) is 1.91. The summed E-state index contributed by atoms with van der Waals surface area (Å²) in [5.41, 5.74) is 2.00.